The lowest BCUT2D eigenvalue weighted by Crippen LogP contribution is -2.17. The van der Waals surface area contributed by atoms with Crippen LogP contribution in [0.3, 0.4) is 0 Å². The van der Waals surface area contributed by atoms with Crippen LogP contribution in [0.1, 0.15) is 29.2 Å². The van der Waals surface area contributed by atoms with Gasteiger partial charge in [0.05, 0.1) is 7.11 Å². The first kappa shape index (κ1) is 14.6. The van der Waals surface area contributed by atoms with Gasteiger partial charge in [0.2, 0.25) is 0 Å². The van der Waals surface area contributed by atoms with Gasteiger partial charge in [-0.15, -0.1) is 0 Å². The van der Waals surface area contributed by atoms with Crippen LogP contribution >= 0.6 is 0 Å². The molecule has 0 bridgehead atoms. The molecular weight excluding hydrogens is 246 g/mol. The van der Waals surface area contributed by atoms with Crippen LogP contribution in [0, 0.1) is 6.92 Å². The zero-order chi connectivity index (χ0) is 14.4. The smallest absolute Gasteiger partial charge is 0.118 e. The molecule has 20 heavy (non-hydrogen) atoms. The topological polar surface area (TPSA) is 21.3 Å². The molecule has 106 valence electrons. The van der Waals surface area contributed by atoms with E-state index in [4.69, 9.17) is 4.74 Å². The van der Waals surface area contributed by atoms with Gasteiger partial charge in [-0.25, -0.2) is 0 Å². The molecule has 2 aromatic carbocycles. The van der Waals surface area contributed by atoms with Gasteiger partial charge >= 0.3 is 0 Å². The average molecular weight is 269 g/mol. The molecule has 0 aliphatic carbocycles. The zero-order valence-corrected chi connectivity index (χ0v) is 12.5. The van der Waals surface area contributed by atoms with Crippen molar-refractivity contribution < 1.29 is 4.74 Å². The predicted molar refractivity (Wildman–Crippen MR) is 84.3 cm³/mol. The molecule has 0 aliphatic rings. The summed E-state index contributed by atoms with van der Waals surface area (Å²) >= 11 is 0. The highest BCUT2D eigenvalue weighted by Gasteiger charge is 2.09. The molecule has 1 N–H and O–H groups in total. The third-order valence-electron chi connectivity index (χ3n) is 3.71. The summed E-state index contributed by atoms with van der Waals surface area (Å²) in [6.07, 6.45) is 2.17. The molecule has 2 aromatic rings. The predicted octanol–water partition coefficient (Wildman–Crippen LogP) is 3.90. The Kier molecular flexibility index (Phi) is 5.19. The van der Waals surface area contributed by atoms with Gasteiger partial charge in [-0.2, -0.15) is 0 Å². The molecule has 0 aromatic heterocycles. The summed E-state index contributed by atoms with van der Waals surface area (Å²) in [5.74, 6) is 0.905. The highest BCUT2D eigenvalue weighted by atomic mass is 16.5. The van der Waals surface area contributed by atoms with Crippen molar-refractivity contribution in [3.8, 4) is 5.75 Å². The van der Waals surface area contributed by atoms with Crippen LogP contribution in [0.25, 0.3) is 0 Å². The molecule has 2 nitrogen and oxygen atoms in total. The monoisotopic (exact) mass is 269 g/mol. The van der Waals surface area contributed by atoms with Gasteiger partial charge < -0.3 is 10.1 Å². The van der Waals surface area contributed by atoms with Crippen molar-refractivity contribution in [3.05, 3.63) is 65.2 Å². The van der Waals surface area contributed by atoms with E-state index in [1.807, 2.05) is 19.2 Å². The SMILES string of the molecule is CNC(CCc1ccc(C)cc1)c1ccc(OC)cc1. The summed E-state index contributed by atoms with van der Waals surface area (Å²) < 4.78 is 5.20. The highest BCUT2D eigenvalue weighted by Crippen LogP contribution is 2.21. The number of rotatable bonds is 6. The van der Waals surface area contributed by atoms with Gasteiger partial charge in [0.15, 0.2) is 0 Å². The van der Waals surface area contributed by atoms with Crippen molar-refractivity contribution in [1.82, 2.24) is 5.32 Å². The molecule has 2 rings (SSSR count). The van der Waals surface area contributed by atoms with Crippen LogP contribution in [-0.4, -0.2) is 14.2 Å². The lowest BCUT2D eigenvalue weighted by molar-refractivity contribution is 0.414. The normalized spacial score (nSPS) is 12.2. The lowest BCUT2D eigenvalue weighted by Gasteiger charge is -2.17. The van der Waals surface area contributed by atoms with Crippen molar-refractivity contribution in [2.24, 2.45) is 0 Å². The number of hydrogen-bond acceptors (Lipinski definition) is 2. The second-order valence-electron chi connectivity index (χ2n) is 5.14. The minimum absolute atomic E-state index is 0.377. The van der Waals surface area contributed by atoms with E-state index in [1.54, 1.807) is 7.11 Å². The Labute approximate surface area is 121 Å². The zero-order valence-electron chi connectivity index (χ0n) is 12.5. The molecule has 0 saturated heterocycles. The lowest BCUT2D eigenvalue weighted by atomic mass is 9.98. The maximum atomic E-state index is 5.20. The number of benzene rings is 2. The van der Waals surface area contributed by atoms with Crippen LogP contribution in [0.5, 0.6) is 5.75 Å². The Hall–Kier alpha value is -1.80. The Bertz CT molecular complexity index is 516. The van der Waals surface area contributed by atoms with Crippen molar-refractivity contribution in [1.29, 1.82) is 0 Å². The minimum Gasteiger partial charge on any atom is -0.497 e. The van der Waals surface area contributed by atoms with E-state index in [-0.39, 0.29) is 0 Å². The fourth-order valence-electron chi connectivity index (χ4n) is 2.38. The molecule has 1 atom stereocenters. The van der Waals surface area contributed by atoms with Crippen LogP contribution in [0.2, 0.25) is 0 Å². The standard InChI is InChI=1S/C18H23NO/c1-14-4-6-15(7-5-14)8-13-18(19-2)16-9-11-17(20-3)12-10-16/h4-7,9-12,18-19H,8,13H2,1-3H3. The number of aryl methyl sites for hydroxylation is 2. The third kappa shape index (κ3) is 3.84. The van der Waals surface area contributed by atoms with Crippen molar-refractivity contribution in [2.45, 2.75) is 25.8 Å². The second-order valence-corrected chi connectivity index (χ2v) is 5.14. The van der Waals surface area contributed by atoms with Gasteiger partial charge in [0.25, 0.3) is 0 Å². The quantitative estimate of drug-likeness (QED) is 0.859. The van der Waals surface area contributed by atoms with E-state index < -0.39 is 0 Å². The second kappa shape index (κ2) is 7.11. The molecule has 0 amide bonds. The Morgan fingerprint density at radius 2 is 1.65 bits per heavy atom. The molecule has 2 heteroatoms. The van der Waals surface area contributed by atoms with E-state index in [9.17, 15) is 0 Å². The molecular formula is C18H23NO. The molecule has 0 fully saturated rings. The Morgan fingerprint density at radius 3 is 2.20 bits per heavy atom. The summed E-state index contributed by atoms with van der Waals surface area (Å²) in [6, 6.07) is 17.5. The van der Waals surface area contributed by atoms with E-state index >= 15 is 0 Å². The maximum Gasteiger partial charge on any atom is 0.118 e. The summed E-state index contributed by atoms with van der Waals surface area (Å²) in [7, 11) is 3.71. The van der Waals surface area contributed by atoms with E-state index in [0.717, 1.165) is 18.6 Å². The van der Waals surface area contributed by atoms with E-state index in [1.165, 1.54) is 16.7 Å². The summed E-state index contributed by atoms with van der Waals surface area (Å²) in [5.41, 5.74) is 4.01. The fourth-order valence-corrected chi connectivity index (χ4v) is 2.38. The number of hydrogen-bond donors (Lipinski definition) is 1. The molecule has 0 spiro atoms. The average Bonchev–Trinajstić information content (AvgIpc) is 2.50. The number of nitrogens with one attached hydrogen (secondary N) is 1. The molecule has 1 unspecified atom stereocenters. The van der Waals surface area contributed by atoms with Gasteiger partial charge in [-0.05, 0) is 50.1 Å². The number of ether oxygens (including phenoxy) is 1. The third-order valence-corrected chi connectivity index (χ3v) is 3.71. The summed E-state index contributed by atoms with van der Waals surface area (Å²) in [5, 5.41) is 3.40. The van der Waals surface area contributed by atoms with Gasteiger partial charge in [0, 0.05) is 6.04 Å². The molecule has 0 saturated carbocycles. The van der Waals surface area contributed by atoms with Gasteiger partial charge in [-0.3, -0.25) is 0 Å². The van der Waals surface area contributed by atoms with Crippen LogP contribution in [0.15, 0.2) is 48.5 Å². The first-order valence-electron chi connectivity index (χ1n) is 7.09. The van der Waals surface area contributed by atoms with E-state index in [0.29, 0.717) is 6.04 Å². The van der Waals surface area contributed by atoms with Crippen molar-refractivity contribution >= 4 is 0 Å². The largest absolute Gasteiger partial charge is 0.497 e. The van der Waals surface area contributed by atoms with Crippen molar-refractivity contribution in [3.63, 3.8) is 0 Å². The van der Waals surface area contributed by atoms with Crippen molar-refractivity contribution in [2.75, 3.05) is 14.2 Å². The van der Waals surface area contributed by atoms with Gasteiger partial charge in [-0.1, -0.05) is 42.0 Å². The van der Waals surface area contributed by atoms with Crippen LogP contribution < -0.4 is 10.1 Å². The Morgan fingerprint density at radius 1 is 1.00 bits per heavy atom. The highest BCUT2D eigenvalue weighted by molar-refractivity contribution is 5.29. The van der Waals surface area contributed by atoms with Gasteiger partial charge in [0.1, 0.15) is 5.75 Å². The summed E-state index contributed by atoms with van der Waals surface area (Å²) in [6.45, 7) is 2.12. The Balaban J connectivity index is 1.99. The van der Waals surface area contributed by atoms with Crippen LogP contribution in [0.4, 0.5) is 0 Å². The number of methoxy groups -OCH3 is 1. The van der Waals surface area contributed by atoms with Crippen LogP contribution in [-0.2, 0) is 6.42 Å². The van der Waals surface area contributed by atoms with E-state index in [2.05, 4.69) is 48.6 Å². The fraction of sp³-hybridized carbons (Fsp3) is 0.333. The molecule has 0 aliphatic heterocycles. The maximum absolute atomic E-state index is 5.20. The first-order chi connectivity index (χ1) is 9.72. The molecule has 0 heterocycles. The first-order valence-corrected chi connectivity index (χ1v) is 7.09. The molecule has 0 radical (unpaired) electrons. The minimum atomic E-state index is 0.377. The summed E-state index contributed by atoms with van der Waals surface area (Å²) in [4.78, 5) is 0.